The summed E-state index contributed by atoms with van der Waals surface area (Å²) in [7, 11) is 0. The molecule has 0 radical (unpaired) electrons. The van der Waals surface area contributed by atoms with E-state index in [0.717, 1.165) is 24.9 Å². The van der Waals surface area contributed by atoms with Crippen molar-refractivity contribution in [3.05, 3.63) is 61.6 Å². The van der Waals surface area contributed by atoms with Crippen LogP contribution in [0.1, 0.15) is 24.0 Å². The van der Waals surface area contributed by atoms with E-state index in [-0.39, 0.29) is 24.7 Å². The summed E-state index contributed by atoms with van der Waals surface area (Å²) < 4.78 is 2.08. The van der Waals surface area contributed by atoms with Crippen LogP contribution in [0.15, 0.2) is 52.0 Å². The van der Waals surface area contributed by atoms with Gasteiger partial charge in [-0.05, 0) is 71.0 Å². The molecule has 5 nitrogen and oxygen atoms in total. The molecular weight excluding hydrogens is 497 g/mol. The van der Waals surface area contributed by atoms with Gasteiger partial charge >= 0.3 is 0 Å². The molecule has 0 aromatic heterocycles. The Kier molecular flexibility index (Phi) is 7.57. The second kappa shape index (κ2) is 9.67. The highest BCUT2D eigenvalue weighted by Gasteiger charge is 2.08. The molecule has 0 aliphatic rings. The van der Waals surface area contributed by atoms with Crippen molar-refractivity contribution in [3.63, 3.8) is 0 Å². The van der Waals surface area contributed by atoms with Gasteiger partial charge < -0.3 is 5.32 Å². The average molecular weight is 514 g/mol. The van der Waals surface area contributed by atoms with Crippen molar-refractivity contribution in [1.82, 2.24) is 5.43 Å². The predicted octanol–water partition coefficient (Wildman–Crippen LogP) is 4.23. The largest absolute Gasteiger partial charge is 0.326 e. The van der Waals surface area contributed by atoms with E-state index in [1.807, 2.05) is 49.4 Å². The molecule has 130 valence electrons. The number of nitrogens with one attached hydrogen (secondary N) is 2. The number of aryl methyl sites for hydroxylation is 1. The zero-order chi connectivity index (χ0) is 18.2. The van der Waals surface area contributed by atoms with Crippen LogP contribution >= 0.6 is 38.5 Å². The molecule has 0 aliphatic heterocycles. The van der Waals surface area contributed by atoms with Crippen molar-refractivity contribution >= 4 is 62.2 Å². The van der Waals surface area contributed by atoms with E-state index >= 15 is 0 Å². The molecule has 25 heavy (non-hydrogen) atoms. The smallest absolute Gasteiger partial charge is 0.240 e. The maximum Gasteiger partial charge on any atom is 0.240 e. The zero-order valence-electron chi connectivity index (χ0n) is 13.6. The van der Waals surface area contributed by atoms with Gasteiger partial charge in [0.05, 0.1) is 6.21 Å². The summed E-state index contributed by atoms with van der Waals surface area (Å²) >= 11 is 5.57. The highest BCUT2D eigenvalue weighted by molar-refractivity contribution is 14.1. The number of carbonyl (C=O) groups excluding carboxylic acids is 2. The fraction of sp³-hybridized carbons (Fsp3) is 0.167. The highest BCUT2D eigenvalue weighted by atomic mass is 127. The van der Waals surface area contributed by atoms with Gasteiger partial charge in [0.1, 0.15) is 0 Å². The summed E-state index contributed by atoms with van der Waals surface area (Å²) in [6.07, 6.45) is 1.73. The quantitative estimate of drug-likeness (QED) is 0.344. The van der Waals surface area contributed by atoms with Crippen molar-refractivity contribution in [2.24, 2.45) is 5.10 Å². The van der Waals surface area contributed by atoms with Crippen LogP contribution in [0.3, 0.4) is 0 Å². The van der Waals surface area contributed by atoms with Gasteiger partial charge in [0, 0.05) is 26.6 Å². The van der Waals surface area contributed by atoms with Crippen molar-refractivity contribution in [3.8, 4) is 0 Å². The molecule has 0 saturated heterocycles. The molecule has 2 rings (SSSR count). The second-order valence-corrected chi connectivity index (χ2v) is 7.51. The number of amides is 2. The fourth-order valence-corrected chi connectivity index (χ4v) is 2.90. The van der Waals surface area contributed by atoms with Crippen LogP contribution < -0.4 is 10.7 Å². The van der Waals surface area contributed by atoms with E-state index in [9.17, 15) is 9.59 Å². The summed E-state index contributed by atoms with van der Waals surface area (Å²) in [5.41, 5.74) is 5.05. The average Bonchev–Trinajstić information content (AvgIpc) is 2.57. The Labute approximate surface area is 168 Å². The van der Waals surface area contributed by atoms with Gasteiger partial charge in [-0.15, -0.1) is 0 Å². The Bertz CT molecular complexity index is 791. The van der Waals surface area contributed by atoms with Crippen LogP contribution in [-0.4, -0.2) is 18.0 Å². The molecule has 0 fully saturated rings. The highest BCUT2D eigenvalue weighted by Crippen LogP contribution is 2.18. The third-order valence-corrected chi connectivity index (χ3v) is 4.51. The first-order valence-corrected chi connectivity index (χ1v) is 9.44. The number of halogens is 2. The van der Waals surface area contributed by atoms with Gasteiger partial charge in [0.25, 0.3) is 0 Å². The summed E-state index contributed by atoms with van der Waals surface area (Å²) in [6, 6.07) is 13.3. The summed E-state index contributed by atoms with van der Waals surface area (Å²) in [5.74, 6) is -0.501. The number of hydrogen-bond donors (Lipinski definition) is 2. The van der Waals surface area contributed by atoms with Crippen LogP contribution in [0.25, 0.3) is 0 Å². The molecule has 2 aromatic carbocycles. The zero-order valence-corrected chi connectivity index (χ0v) is 17.3. The molecule has 0 heterocycles. The van der Waals surface area contributed by atoms with Crippen LogP contribution in [0, 0.1) is 10.5 Å². The van der Waals surface area contributed by atoms with Gasteiger partial charge in [0.15, 0.2) is 0 Å². The van der Waals surface area contributed by atoms with Gasteiger partial charge in [-0.1, -0.05) is 28.1 Å². The number of anilines is 1. The molecule has 0 atom stereocenters. The third kappa shape index (κ3) is 6.95. The number of carbonyl (C=O) groups is 2. The first-order chi connectivity index (χ1) is 11.9. The first kappa shape index (κ1) is 19.6. The van der Waals surface area contributed by atoms with Gasteiger partial charge in [-0.2, -0.15) is 5.10 Å². The van der Waals surface area contributed by atoms with Gasteiger partial charge in [-0.3, -0.25) is 9.59 Å². The molecule has 0 bridgehead atoms. The Hall–Kier alpha value is -1.74. The molecule has 0 unspecified atom stereocenters. The van der Waals surface area contributed by atoms with Gasteiger partial charge in [0.2, 0.25) is 11.8 Å². The Morgan fingerprint density at radius 3 is 2.48 bits per heavy atom. The summed E-state index contributed by atoms with van der Waals surface area (Å²) in [4.78, 5) is 23.7. The molecule has 2 aromatic rings. The summed E-state index contributed by atoms with van der Waals surface area (Å²) in [5, 5.41) is 6.70. The van der Waals surface area contributed by atoms with Crippen molar-refractivity contribution in [1.29, 1.82) is 0 Å². The molecular formula is C18H17BrIN3O2. The lowest BCUT2D eigenvalue weighted by atomic mass is 10.2. The number of rotatable bonds is 6. The van der Waals surface area contributed by atoms with Crippen molar-refractivity contribution in [2.75, 3.05) is 5.32 Å². The van der Waals surface area contributed by atoms with E-state index in [1.54, 1.807) is 6.21 Å². The molecule has 0 aliphatic carbocycles. The normalized spacial score (nSPS) is 10.7. The van der Waals surface area contributed by atoms with Crippen LogP contribution in [0.5, 0.6) is 0 Å². The van der Waals surface area contributed by atoms with Crippen LogP contribution in [-0.2, 0) is 9.59 Å². The van der Waals surface area contributed by atoms with Crippen molar-refractivity contribution in [2.45, 2.75) is 19.8 Å². The minimum Gasteiger partial charge on any atom is -0.326 e. The lowest BCUT2D eigenvalue weighted by Crippen LogP contribution is -2.20. The van der Waals surface area contributed by atoms with Crippen LogP contribution in [0.4, 0.5) is 5.69 Å². The molecule has 2 N–H and O–H groups in total. The minimum atomic E-state index is -0.303. The molecule has 0 saturated carbocycles. The van der Waals surface area contributed by atoms with E-state index in [4.69, 9.17) is 0 Å². The minimum absolute atomic E-state index is 0.0763. The van der Waals surface area contributed by atoms with E-state index < -0.39 is 0 Å². The number of nitrogens with zero attached hydrogens (tertiary/aromatic N) is 1. The fourth-order valence-electron chi connectivity index (χ4n) is 1.99. The Balaban J connectivity index is 1.75. The Morgan fingerprint density at radius 2 is 1.80 bits per heavy atom. The van der Waals surface area contributed by atoms with Crippen LogP contribution in [0.2, 0.25) is 0 Å². The van der Waals surface area contributed by atoms with Gasteiger partial charge in [-0.25, -0.2) is 5.43 Å². The van der Waals surface area contributed by atoms with E-state index in [0.29, 0.717) is 0 Å². The lowest BCUT2D eigenvalue weighted by molar-refractivity contribution is -0.124. The third-order valence-electron chi connectivity index (χ3n) is 3.31. The lowest BCUT2D eigenvalue weighted by Gasteiger charge is -2.08. The maximum absolute atomic E-state index is 11.9. The second-order valence-electron chi connectivity index (χ2n) is 5.35. The maximum atomic E-state index is 11.9. The topological polar surface area (TPSA) is 70.6 Å². The standard InChI is InChI=1S/C18H17BrIN3O2/c1-12-10-15(20)6-7-16(12)22-17(24)8-9-18(25)23-21-11-13-2-4-14(19)5-3-13/h2-7,10-11H,8-9H2,1H3,(H,22,24)(H,23,25)/b21-11+. The monoisotopic (exact) mass is 513 g/mol. The molecule has 7 heteroatoms. The Morgan fingerprint density at radius 1 is 1.12 bits per heavy atom. The SMILES string of the molecule is Cc1cc(I)ccc1NC(=O)CCC(=O)N/N=C/c1ccc(Br)cc1. The number of hydrazone groups is 1. The first-order valence-electron chi connectivity index (χ1n) is 7.57. The predicted molar refractivity (Wildman–Crippen MR) is 112 cm³/mol. The molecule has 0 spiro atoms. The summed E-state index contributed by atoms with van der Waals surface area (Å²) in [6.45, 7) is 1.93. The molecule has 2 amide bonds. The number of hydrogen-bond acceptors (Lipinski definition) is 3. The van der Waals surface area contributed by atoms with Crippen molar-refractivity contribution < 1.29 is 9.59 Å². The van der Waals surface area contributed by atoms with E-state index in [1.165, 1.54) is 0 Å². The number of benzene rings is 2. The van der Waals surface area contributed by atoms with E-state index in [2.05, 4.69) is 54.4 Å².